The van der Waals surface area contributed by atoms with Crippen molar-refractivity contribution in [3.63, 3.8) is 0 Å². The van der Waals surface area contributed by atoms with Crippen LogP contribution in [0.3, 0.4) is 0 Å². The van der Waals surface area contributed by atoms with Crippen LogP contribution in [0.2, 0.25) is 0 Å². The molecule has 6 nitrogen and oxygen atoms in total. The molecule has 122 valence electrons. The molecule has 2 aromatic rings. The molecule has 0 bridgehead atoms. The summed E-state index contributed by atoms with van der Waals surface area (Å²) >= 11 is 0. The molecule has 0 saturated heterocycles. The molecule has 0 atom stereocenters. The number of nitrogens with zero attached hydrogens (tertiary/aromatic N) is 3. The Labute approximate surface area is 132 Å². The largest absolute Gasteiger partial charge is 0.347 e. The molecule has 1 aromatic carbocycles. The van der Waals surface area contributed by atoms with Gasteiger partial charge in [-0.05, 0) is 25.1 Å². The highest BCUT2D eigenvalue weighted by Crippen LogP contribution is 2.13. The molecule has 0 saturated carbocycles. The van der Waals surface area contributed by atoms with E-state index in [1.54, 1.807) is 11.0 Å². The maximum atomic E-state index is 13.1. The van der Waals surface area contributed by atoms with Gasteiger partial charge in [0, 0.05) is 31.5 Å². The van der Waals surface area contributed by atoms with Crippen molar-refractivity contribution in [3.8, 4) is 0 Å². The predicted molar refractivity (Wildman–Crippen MR) is 83.3 cm³/mol. The molecule has 0 aliphatic heterocycles. The van der Waals surface area contributed by atoms with Gasteiger partial charge in [-0.15, -0.1) is 0 Å². The van der Waals surface area contributed by atoms with E-state index in [1.807, 2.05) is 21.0 Å². The van der Waals surface area contributed by atoms with Crippen LogP contribution in [-0.4, -0.2) is 30.1 Å². The monoisotopic (exact) mass is 321 g/mol. The van der Waals surface area contributed by atoms with E-state index in [0.29, 0.717) is 11.6 Å². The van der Waals surface area contributed by atoms with E-state index >= 15 is 0 Å². The zero-order chi connectivity index (χ0) is 17.0. The van der Waals surface area contributed by atoms with Crippen LogP contribution in [0, 0.1) is 18.6 Å². The zero-order valence-electron chi connectivity index (χ0n) is 13.0. The van der Waals surface area contributed by atoms with Gasteiger partial charge in [0.15, 0.2) is 11.6 Å². The van der Waals surface area contributed by atoms with Gasteiger partial charge in [0.2, 0.25) is 5.95 Å². The number of nitrogens with one attached hydrogen (secondary N) is 2. The van der Waals surface area contributed by atoms with E-state index < -0.39 is 17.7 Å². The molecule has 2 amide bonds. The Kier molecular flexibility index (Phi) is 5.05. The van der Waals surface area contributed by atoms with Gasteiger partial charge in [-0.25, -0.2) is 23.5 Å². The Hall–Kier alpha value is -2.77. The lowest BCUT2D eigenvalue weighted by Crippen LogP contribution is -2.29. The maximum Gasteiger partial charge on any atom is 0.319 e. The Morgan fingerprint density at radius 1 is 1.17 bits per heavy atom. The fourth-order valence-electron chi connectivity index (χ4n) is 1.83. The van der Waals surface area contributed by atoms with Crippen LogP contribution in [0.5, 0.6) is 0 Å². The molecule has 8 heteroatoms. The summed E-state index contributed by atoms with van der Waals surface area (Å²) in [5.74, 6) is -1.45. The Balaban J connectivity index is 1.97. The SMILES string of the molecule is Cc1cc(CNC(=O)Nc2ccc(F)c(F)c2)nc(N(C)C)n1. The fourth-order valence-corrected chi connectivity index (χ4v) is 1.83. The average molecular weight is 321 g/mol. The van der Waals surface area contributed by atoms with E-state index in [4.69, 9.17) is 0 Å². The lowest BCUT2D eigenvalue weighted by Gasteiger charge is -2.13. The minimum atomic E-state index is -1.02. The number of carbonyl (C=O) groups excluding carboxylic acids is 1. The molecule has 0 fully saturated rings. The highest BCUT2D eigenvalue weighted by atomic mass is 19.2. The summed E-state index contributed by atoms with van der Waals surface area (Å²) in [7, 11) is 3.64. The number of urea groups is 1. The number of hydrogen-bond donors (Lipinski definition) is 2. The predicted octanol–water partition coefficient (Wildman–Crippen LogP) is 2.45. The van der Waals surface area contributed by atoms with Crippen LogP contribution in [-0.2, 0) is 6.54 Å². The van der Waals surface area contributed by atoms with Crippen molar-refractivity contribution in [3.05, 3.63) is 47.3 Å². The fraction of sp³-hybridized carbons (Fsp3) is 0.267. The first-order valence-corrected chi connectivity index (χ1v) is 6.87. The lowest BCUT2D eigenvalue weighted by molar-refractivity contribution is 0.251. The number of halogens is 2. The van der Waals surface area contributed by atoms with E-state index in [1.165, 1.54) is 6.07 Å². The second-order valence-corrected chi connectivity index (χ2v) is 5.13. The van der Waals surface area contributed by atoms with Crippen molar-refractivity contribution in [2.45, 2.75) is 13.5 Å². The first kappa shape index (κ1) is 16.6. The van der Waals surface area contributed by atoms with Crippen LogP contribution in [0.4, 0.5) is 25.2 Å². The van der Waals surface area contributed by atoms with Gasteiger partial charge in [0.1, 0.15) is 0 Å². The molecule has 1 heterocycles. The van der Waals surface area contributed by atoms with Crippen molar-refractivity contribution in [1.29, 1.82) is 0 Å². The van der Waals surface area contributed by atoms with Gasteiger partial charge in [0.25, 0.3) is 0 Å². The van der Waals surface area contributed by atoms with Crippen LogP contribution in [0.1, 0.15) is 11.4 Å². The summed E-state index contributed by atoms with van der Waals surface area (Å²) in [5, 5.41) is 5.02. The normalized spacial score (nSPS) is 10.3. The third-order valence-electron chi connectivity index (χ3n) is 2.90. The second-order valence-electron chi connectivity index (χ2n) is 5.13. The highest BCUT2D eigenvalue weighted by Gasteiger charge is 2.08. The lowest BCUT2D eigenvalue weighted by atomic mass is 10.3. The summed E-state index contributed by atoms with van der Waals surface area (Å²) in [6, 6.07) is 4.34. The molecule has 1 aromatic heterocycles. The number of rotatable bonds is 4. The standard InChI is InChI=1S/C15H17F2N5O/c1-9-6-11(20-14(19-9)22(2)3)8-18-15(23)21-10-4-5-12(16)13(17)7-10/h4-7H,8H2,1-3H3,(H2,18,21,23). The summed E-state index contributed by atoms with van der Waals surface area (Å²) in [6.07, 6.45) is 0. The first-order valence-electron chi connectivity index (χ1n) is 6.87. The van der Waals surface area contributed by atoms with Gasteiger partial charge in [0.05, 0.1) is 12.2 Å². The van der Waals surface area contributed by atoms with Crippen molar-refractivity contribution < 1.29 is 13.6 Å². The number of amides is 2. The number of benzene rings is 1. The molecule has 0 aliphatic carbocycles. The van der Waals surface area contributed by atoms with E-state index in [9.17, 15) is 13.6 Å². The Bertz CT molecular complexity index is 721. The van der Waals surface area contributed by atoms with Crippen molar-refractivity contribution in [2.24, 2.45) is 0 Å². The molecule has 23 heavy (non-hydrogen) atoms. The van der Waals surface area contributed by atoms with Gasteiger partial charge in [-0.2, -0.15) is 0 Å². The summed E-state index contributed by atoms with van der Waals surface area (Å²) in [6.45, 7) is 2.01. The smallest absolute Gasteiger partial charge is 0.319 e. The number of aromatic nitrogens is 2. The van der Waals surface area contributed by atoms with Crippen molar-refractivity contribution in [1.82, 2.24) is 15.3 Å². The van der Waals surface area contributed by atoms with Crippen molar-refractivity contribution >= 4 is 17.7 Å². The maximum absolute atomic E-state index is 13.1. The minimum absolute atomic E-state index is 0.161. The number of carbonyl (C=O) groups is 1. The summed E-state index contributed by atoms with van der Waals surface area (Å²) < 4.78 is 25.9. The van der Waals surface area contributed by atoms with E-state index in [2.05, 4.69) is 20.6 Å². The van der Waals surface area contributed by atoms with E-state index in [-0.39, 0.29) is 12.2 Å². The molecule has 2 rings (SSSR count). The van der Waals surface area contributed by atoms with Gasteiger partial charge < -0.3 is 15.5 Å². The number of anilines is 2. The van der Waals surface area contributed by atoms with Crippen LogP contribution in [0.15, 0.2) is 24.3 Å². The highest BCUT2D eigenvalue weighted by molar-refractivity contribution is 5.89. The number of hydrogen-bond acceptors (Lipinski definition) is 4. The van der Waals surface area contributed by atoms with Crippen molar-refractivity contribution in [2.75, 3.05) is 24.3 Å². The van der Waals surface area contributed by atoms with Gasteiger partial charge in [-0.1, -0.05) is 0 Å². The molecular formula is C15H17F2N5O. The third kappa shape index (κ3) is 4.60. The molecule has 2 N–H and O–H groups in total. The quantitative estimate of drug-likeness (QED) is 0.907. The minimum Gasteiger partial charge on any atom is -0.347 e. The Morgan fingerprint density at radius 2 is 1.91 bits per heavy atom. The van der Waals surface area contributed by atoms with Crippen LogP contribution in [0.25, 0.3) is 0 Å². The molecule has 0 aliphatic rings. The third-order valence-corrected chi connectivity index (χ3v) is 2.90. The van der Waals surface area contributed by atoms with E-state index in [0.717, 1.165) is 17.8 Å². The molecule has 0 unspecified atom stereocenters. The zero-order valence-corrected chi connectivity index (χ0v) is 13.0. The first-order chi connectivity index (χ1) is 10.8. The molecule has 0 radical (unpaired) electrons. The summed E-state index contributed by atoms with van der Waals surface area (Å²) in [4.78, 5) is 22.1. The van der Waals surface area contributed by atoms with Gasteiger partial charge in [-0.3, -0.25) is 0 Å². The number of aryl methyl sites for hydroxylation is 1. The summed E-state index contributed by atoms with van der Waals surface area (Å²) in [5.41, 5.74) is 1.58. The topological polar surface area (TPSA) is 70.2 Å². The Morgan fingerprint density at radius 3 is 2.57 bits per heavy atom. The van der Waals surface area contributed by atoms with Crippen LogP contribution < -0.4 is 15.5 Å². The van der Waals surface area contributed by atoms with Crippen LogP contribution >= 0.6 is 0 Å². The molecule has 0 spiro atoms. The van der Waals surface area contributed by atoms with Gasteiger partial charge >= 0.3 is 6.03 Å². The molecular weight excluding hydrogens is 304 g/mol. The second kappa shape index (κ2) is 6.99. The average Bonchev–Trinajstić information content (AvgIpc) is 2.48.